The molecule has 2 aromatic carbocycles. The van der Waals surface area contributed by atoms with Crippen LogP contribution in [0.4, 0.5) is 10.1 Å². The van der Waals surface area contributed by atoms with Crippen molar-refractivity contribution in [1.82, 2.24) is 0 Å². The van der Waals surface area contributed by atoms with Crippen LogP contribution in [0.3, 0.4) is 0 Å². The van der Waals surface area contributed by atoms with Crippen LogP contribution in [0, 0.1) is 5.82 Å². The highest BCUT2D eigenvalue weighted by molar-refractivity contribution is 9.10. The summed E-state index contributed by atoms with van der Waals surface area (Å²) in [6.45, 7) is 0.705. The molecule has 0 radical (unpaired) electrons. The van der Waals surface area contributed by atoms with Crippen LogP contribution in [-0.2, 0) is 6.42 Å². The van der Waals surface area contributed by atoms with E-state index in [9.17, 15) is 4.39 Å². The van der Waals surface area contributed by atoms with Gasteiger partial charge in [0.15, 0.2) is 0 Å². The fourth-order valence-corrected chi connectivity index (χ4v) is 2.79. The topological polar surface area (TPSA) is 21.3 Å². The van der Waals surface area contributed by atoms with E-state index in [4.69, 9.17) is 16.3 Å². The Bertz CT molecular complexity index is 566. The smallest absolute Gasteiger partial charge is 0.125 e. The highest BCUT2D eigenvalue weighted by atomic mass is 79.9. The summed E-state index contributed by atoms with van der Waals surface area (Å²) in [7, 11) is 1.64. The Kier molecular flexibility index (Phi) is 5.26. The number of nitrogens with one attached hydrogen (secondary N) is 1. The fourth-order valence-electron chi connectivity index (χ4n) is 1.84. The number of anilines is 1. The van der Waals surface area contributed by atoms with Crippen molar-refractivity contribution >= 4 is 33.2 Å². The van der Waals surface area contributed by atoms with Gasteiger partial charge in [-0.1, -0.05) is 23.7 Å². The zero-order chi connectivity index (χ0) is 14.5. The number of hydrogen-bond acceptors (Lipinski definition) is 2. The first kappa shape index (κ1) is 15.1. The lowest BCUT2D eigenvalue weighted by molar-refractivity contribution is 0.414. The molecule has 2 aromatic rings. The van der Waals surface area contributed by atoms with Crippen molar-refractivity contribution in [2.75, 3.05) is 19.0 Å². The molecule has 0 spiro atoms. The molecule has 0 unspecified atom stereocenters. The zero-order valence-corrected chi connectivity index (χ0v) is 13.3. The first-order valence-corrected chi connectivity index (χ1v) is 7.28. The zero-order valence-electron chi connectivity index (χ0n) is 10.9. The van der Waals surface area contributed by atoms with Gasteiger partial charge in [-0.3, -0.25) is 0 Å². The van der Waals surface area contributed by atoms with Crippen LogP contribution >= 0.6 is 27.5 Å². The molecular formula is C15H14BrClFNO. The molecule has 0 fully saturated rings. The third kappa shape index (κ3) is 3.87. The maximum Gasteiger partial charge on any atom is 0.125 e. The number of benzene rings is 2. The summed E-state index contributed by atoms with van der Waals surface area (Å²) in [5.41, 5.74) is 1.90. The molecule has 0 heterocycles. The molecule has 106 valence electrons. The Morgan fingerprint density at radius 3 is 2.55 bits per heavy atom. The molecule has 2 nitrogen and oxygen atoms in total. The molecule has 5 heteroatoms. The Morgan fingerprint density at radius 2 is 1.95 bits per heavy atom. The Labute approximate surface area is 131 Å². The average Bonchev–Trinajstić information content (AvgIpc) is 2.42. The minimum Gasteiger partial charge on any atom is -0.497 e. The van der Waals surface area contributed by atoms with Crippen molar-refractivity contribution in [3.05, 3.63) is 57.3 Å². The van der Waals surface area contributed by atoms with Gasteiger partial charge in [-0.05, 0) is 52.2 Å². The normalized spacial score (nSPS) is 10.4. The number of halogens is 3. The summed E-state index contributed by atoms with van der Waals surface area (Å²) in [5, 5.41) is 3.58. The first-order chi connectivity index (χ1) is 9.60. The predicted molar refractivity (Wildman–Crippen MR) is 84.3 cm³/mol. The standard InChI is InChI=1S/C15H14BrClFNO/c1-20-12-4-2-10(3-5-12)6-7-19-15-13(16)8-11(18)9-14(15)17/h2-5,8-9,19H,6-7H2,1H3. The van der Waals surface area contributed by atoms with Gasteiger partial charge in [0.2, 0.25) is 0 Å². The van der Waals surface area contributed by atoms with Gasteiger partial charge in [-0.15, -0.1) is 0 Å². The van der Waals surface area contributed by atoms with E-state index in [1.807, 2.05) is 24.3 Å². The minimum absolute atomic E-state index is 0.359. The van der Waals surface area contributed by atoms with Gasteiger partial charge >= 0.3 is 0 Å². The first-order valence-electron chi connectivity index (χ1n) is 6.11. The van der Waals surface area contributed by atoms with Crippen LogP contribution < -0.4 is 10.1 Å². The lowest BCUT2D eigenvalue weighted by Gasteiger charge is -2.11. The molecule has 2 rings (SSSR count). The molecule has 0 amide bonds. The highest BCUT2D eigenvalue weighted by Gasteiger charge is 2.07. The maximum atomic E-state index is 13.1. The number of hydrogen-bond donors (Lipinski definition) is 1. The second kappa shape index (κ2) is 6.95. The van der Waals surface area contributed by atoms with Crippen molar-refractivity contribution in [3.63, 3.8) is 0 Å². The summed E-state index contributed by atoms with van der Waals surface area (Å²) < 4.78 is 18.8. The van der Waals surface area contributed by atoms with E-state index < -0.39 is 0 Å². The molecule has 0 bridgehead atoms. The van der Waals surface area contributed by atoms with Crippen LogP contribution in [0.2, 0.25) is 5.02 Å². The lowest BCUT2D eigenvalue weighted by Crippen LogP contribution is -2.06. The monoisotopic (exact) mass is 357 g/mol. The van der Waals surface area contributed by atoms with Crippen molar-refractivity contribution in [2.45, 2.75) is 6.42 Å². The van der Waals surface area contributed by atoms with Gasteiger partial charge < -0.3 is 10.1 Å². The van der Waals surface area contributed by atoms with E-state index in [1.54, 1.807) is 7.11 Å². The van der Waals surface area contributed by atoms with Crippen molar-refractivity contribution < 1.29 is 9.13 Å². The lowest BCUT2D eigenvalue weighted by atomic mass is 10.1. The Morgan fingerprint density at radius 1 is 1.25 bits per heavy atom. The molecule has 0 saturated carbocycles. The molecule has 1 N–H and O–H groups in total. The summed E-state index contributed by atoms with van der Waals surface area (Å²) in [4.78, 5) is 0. The maximum absolute atomic E-state index is 13.1. The SMILES string of the molecule is COc1ccc(CCNc2c(Cl)cc(F)cc2Br)cc1. The van der Waals surface area contributed by atoms with Crippen LogP contribution in [0.5, 0.6) is 5.75 Å². The highest BCUT2D eigenvalue weighted by Crippen LogP contribution is 2.31. The summed E-state index contributed by atoms with van der Waals surface area (Å²) in [6, 6.07) is 10.6. The van der Waals surface area contributed by atoms with E-state index >= 15 is 0 Å². The van der Waals surface area contributed by atoms with E-state index in [0.717, 1.165) is 12.2 Å². The second-order valence-electron chi connectivity index (χ2n) is 4.27. The average molecular weight is 359 g/mol. The Hall–Kier alpha value is -1.26. The minimum atomic E-state index is -0.359. The van der Waals surface area contributed by atoms with E-state index in [1.165, 1.54) is 17.7 Å². The molecule has 0 aromatic heterocycles. The van der Waals surface area contributed by atoms with Gasteiger partial charge in [0.1, 0.15) is 11.6 Å². The van der Waals surface area contributed by atoms with Crippen LogP contribution in [-0.4, -0.2) is 13.7 Å². The van der Waals surface area contributed by atoms with Crippen LogP contribution in [0.15, 0.2) is 40.9 Å². The van der Waals surface area contributed by atoms with Crippen molar-refractivity contribution in [3.8, 4) is 5.75 Å². The molecule has 0 aliphatic carbocycles. The summed E-state index contributed by atoms with van der Waals surface area (Å²) in [5.74, 6) is 0.480. The quantitative estimate of drug-likeness (QED) is 0.820. The van der Waals surface area contributed by atoms with Gasteiger partial charge in [0.05, 0.1) is 17.8 Å². The predicted octanol–water partition coefficient (Wildman–Crippen LogP) is 4.90. The molecule has 0 atom stereocenters. The van der Waals surface area contributed by atoms with E-state index in [-0.39, 0.29) is 5.82 Å². The number of ether oxygens (including phenoxy) is 1. The third-order valence-electron chi connectivity index (χ3n) is 2.88. The number of methoxy groups -OCH3 is 1. The fraction of sp³-hybridized carbons (Fsp3) is 0.200. The molecule has 0 saturated heterocycles. The Balaban J connectivity index is 1.95. The molecule has 0 aliphatic rings. The van der Waals surface area contributed by atoms with Gasteiger partial charge in [-0.25, -0.2) is 4.39 Å². The van der Waals surface area contributed by atoms with Crippen molar-refractivity contribution in [2.24, 2.45) is 0 Å². The van der Waals surface area contributed by atoms with Crippen molar-refractivity contribution in [1.29, 1.82) is 0 Å². The number of rotatable bonds is 5. The van der Waals surface area contributed by atoms with Gasteiger partial charge in [-0.2, -0.15) is 0 Å². The molecule has 20 heavy (non-hydrogen) atoms. The summed E-state index contributed by atoms with van der Waals surface area (Å²) >= 11 is 9.31. The van der Waals surface area contributed by atoms with Crippen LogP contribution in [0.25, 0.3) is 0 Å². The molecular weight excluding hydrogens is 345 g/mol. The molecule has 0 aliphatic heterocycles. The largest absolute Gasteiger partial charge is 0.497 e. The second-order valence-corrected chi connectivity index (χ2v) is 5.53. The van der Waals surface area contributed by atoms with Gasteiger partial charge in [0.25, 0.3) is 0 Å². The summed E-state index contributed by atoms with van der Waals surface area (Å²) in [6.07, 6.45) is 0.837. The van der Waals surface area contributed by atoms with Gasteiger partial charge in [0, 0.05) is 11.0 Å². The van der Waals surface area contributed by atoms with E-state index in [0.29, 0.717) is 21.7 Å². The van der Waals surface area contributed by atoms with E-state index in [2.05, 4.69) is 21.2 Å². The van der Waals surface area contributed by atoms with Crippen LogP contribution in [0.1, 0.15) is 5.56 Å². The third-order valence-corrected chi connectivity index (χ3v) is 3.80.